The molecule has 0 atom stereocenters. The summed E-state index contributed by atoms with van der Waals surface area (Å²) in [5.74, 6) is -0.170. The molecule has 0 saturated carbocycles. The number of hydrogen-bond acceptors (Lipinski definition) is 4. The Morgan fingerprint density at radius 2 is 2.12 bits per heavy atom. The number of rotatable bonds is 3. The first-order chi connectivity index (χ1) is 11.6. The molecule has 0 radical (unpaired) electrons. The Morgan fingerprint density at radius 1 is 1.33 bits per heavy atom. The highest BCUT2D eigenvalue weighted by atomic mass is 19.1. The lowest BCUT2D eigenvalue weighted by Crippen LogP contribution is -2.26. The Hall–Kier alpha value is -3.04. The average molecular weight is 322 g/mol. The lowest BCUT2D eigenvalue weighted by molar-refractivity contribution is 0.636. The van der Waals surface area contributed by atoms with Gasteiger partial charge in [-0.05, 0) is 43.3 Å². The maximum atomic E-state index is 14.3. The van der Waals surface area contributed by atoms with Crippen molar-refractivity contribution in [2.75, 3.05) is 6.54 Å². The van der Waals surface area contributed by atoms with E-state index >= 15 is 0 Å². The largest absolute Gasteiger partial charge is 0.330 e. The van der Waals surface area contributed by atoms with Crippen LogP contribution in [-0.2, 0) is 6.42 Å². The molecule has 0 amide bonds. The molecule has 3 aromatic rings. The summed E-state index contributed by atoms with van der Waals surface area (Å²) >= 11 is 0. The van der Waals surface area contributed by atoms with E-state index < -0.39 is 11.4 Å². The quantitative estimate of drug-likeness (QED) is 0.801. The van der Waals surface area contributed by atoms with Crippen molar-refractivity contribution in [3.63, 3.8) is 0 Å². The van der Waals surface area contributed by atoms with Crippen LogP contribution in [-0.4, -0.2) is 16.1 Å². The van der Waals surface area contributed by atoms with E-state index in [4.69, 9.17) is 11.0 Å². The number of aromatic nitrogens is 2. The minimum atomic E-state index is -0.613. The molecule has 0 bridgehead atoms. The van der Waals surface area contributed by atoms with E-state index in [1.807, 2.05) is 6.07 Å². The fraction of sp³-hybridized carbons (Fsp3) is 0.167. The summed E-state index contributed by atoms with van der Waals surface area (Å²) in [5.41, 5.74) is 7.08. The summed E-state index contributed by atoms with van der Waals surface area (Å²) in [6, 6.07) is 11.4. The van der Waals surface area contributed by atoms with Gasteiger partial charge in [0.25, 0.3) is 5.56 Å². The second-order valence-corrected chi connectivity index (χ2v) is 5.46. The monoisotopic (exact) mass is 322 g/mol. The van der Waals surface area contributed by atoms with Crippen LogP contribution in [0.2, 0.25) is 0 Å². The number of benzene rings is 2. The molecular weight excluding hydrogens is 307 g/mol. The molecule has 2 aromatic carbocycles. The van der Waals surface area contributed by atoms with Crippen LogP contribution in [0.5, 0.6) is 0 Å². The molecule has 0 fully saturated rings. The van der Waals surface area contributed by atoms with Crippen molar-refractivity contribution in [1.82, 2.24) is 9.55 Å². The lowest BCUT2D eigenvalue weighted by Gasteiger charge is -2.14. The maximum absolute atomic E-state index is 14.3. The van der Waals surface area contributed by atoms with Crippen molar-refractivity contribution in [2.24, 2.45) is 5.73 Å². The SMILES string of the molecule is Cc1ccc(F)c2c(=O)n(-c3cccc(C#N)c3)c(CCN)nc12. The van der Waals surface area contributed by atoms with Gasteiger partial charge in [-0.2, -0.15) is 5.26 Å². The summed E-state index contributed by atoms with van der Waals surface area (Å²) in [7, 11) is 0. The molecule has 120 valence electrons. The Morgan fingerprint density at radius 3 is 2.83 bits per heavy atom. The Bertz CT molecular complexity index is 1030. The number of nitrogens with two attached hydrogens (primary N) is 1. The fourth-order valence-electron chi connectivity index (χ4n) is 2.70. The van der Waals surface area contributed by atoms with E-state index in [0.29, 0.717) is 35.6 Å². The molecule has 0 aliphatic heterocycles. The predicted octanol–water partition coefficient (Wildman–Crippen LogP) is 2.21. The first-order valence-corrected chi connectivity index (χ1v) is 7.48. The van der Waals surface area contributed by atoms with E-state index in [2.05, 4.69) is 4.98 Å². The van der Waals surface area contributed by atoms with Gasteiger partial charge in [-0.1, -0.05) is 12.1 Å². The van der Waals surface area contributed by atoms with Gasteiger partial charge in [-0.15, -0.1) is 0 Å². The molecule has 0 saturated heterocycles. The zero-order valence-corrected chi connectivity index (χ0v) is 13.1. The first-order valence-electron chi connectivity index (χ1n) is 7.48. The van der Waals surface area contributed by atoms with Gasteiger partial charge < -0.3 is 5.73 Å². The molecule has 6 heteroatoms. The van der Waals surface area contributed by atoms with E-state index in [1.54, 1.807) is 37.3 Å². The third-order valence-electron chi connectivity index (χ3n) is 3.85. The number of halogens is 1. The van der Waals surface area contributed by atoms with Crippen LogP contribution in [0, 0.1) is 24.1 Å². The van der Waals surface area contributed by atoms with Crippen LogP contribution in [0.25, 0.3) is 16.6 Å². The molecule has 0 spiro atoms. The zero-order valence-electron chi connectivity index (χ0n) is 13.1. The Labute approximate surface area is 137 Å². The fourth-order valence-corrected chi connectivity index (χ4v) is 2.70. The van der Waals surface area contributed by atoms with Gasteiger partial charge >= 0.3 is 0 Å². The number of nitriles is 1. The zero-order chi connectivity index (χ0) is 17.3. The molecule has 1 heterocycles. The molecular formula is C18H15FN4O. The topological polar surface area (TPSA) is 84.7 Å². The van der Waals surface area contributed by atoms with Gasteiger partial charge in [0.15, 0.2) is 0 Å². The third kappa shape index (κ3) is 2.55. The van der Waals surface area contributed by atoms with Crippen LogP contribution < -0.4 is 11.3 Å². The van der Waals surface area contributed by atoms with Gasteiger partial charge in [0.05, 0.1) is 22.8 Å². The number of hydrogen-bond donors (Lipinski definition) is 1. The van der Waals surface area contributed by atoms with Gasteiger partial charge in [-0.3, -0.25) is 9.36 Å². The highest BCUT2D eigenvalue weighted by Crippen LogP contribution is 2.19. The van der Waals surface area contributed by atoms with Crippen LogP contribution in [0.1, 0.15) is 17.0 Å². The minimum absolute atomic E-state index is 0.0573. The second-order valence-electron chi connectivity index (χ2n) is 5.46. The smallest absolute Gasteiger partial charge is 0.268 e. The molecule has 5 nitrogen and oxygen atoms in total. The normalized spacial score (nSPS) is 10.8. The van der Waals surface area contributed by atoms with Gasteiger partial charge in [-0.25, -0.2) is 9.37 Å². The van der Waals surface area contributed by atoms with Crippen molar-refractivity contribution in [1.29, 1.82) is 5.26 Å². The van der Waals surface area contributed by atoms with Gasteiger partial charge in [0, 0.05) is 6.42 Å². The third-order valence-corrected chi connectivity index (χ3v) is 3.85. The molecule has 24 heavy (non-hydrogen) atoms. The van der Waals surface area contributed by atoms with E-state index in [9.17, 15) is 9.18 Å². The standard InChI is InChI=1S/C18H15FN4O/c1-11-5-6-14(19)16-17(11)22-15(7-8-20)23(18(16)24)13-4-2-3-12(9-13)10-21/h2-6,9H,7-8,20H2,1H3. The van der Waals surface area contributed by atoms with Crippen LogP contribution in [0.4, 0.5) is 4.39 Å². The summed E-state index contributed by atoms with van der Waals surface area (Å²) in [6.45, 7) is 2.07. The summed E-state index contributed by atoms with van der Waals surface area (Å²) in [6.07, 6.45) is 0.359. The molecule has 3 rings (SSSR count). The highest BCUT2D eigenvalue weighted by molar-refractivity contribution is 5.81. The molecule has 0 unspecified atom stereocenters. The average Bonchev–Trinajstić information content (AvgIpc) is 2.58. The summed E-state index contributed by atoms with van der Waals surface area (Å²) in [5, 5.41) is 9.01. The van der Waals surface area contributed by atoms with Crippen molar-refractivity contribution in [3.8, 4) is 11.8 Å². The minimum Gasteiger partial charge on any atom is -0.330 e. The summed E-state index contributed by atoms with van der Waals surface area (Å²) < 4.78 is 15.6. The molecule has 0 aliphatic rings. The number of nitrogens with zero attached hydrogens (tertiary/aromatic N) is 3. The Balaban J connectivity index is 2.44. The first kappa shape index (κ1) is 15.8. The molecule has 0 aliphatic carbocycles. The van der Waals surface area contributed by atoms with E-state index in [-0.39, 0.29) is 5.39 Å². The maximum Gasteiger partial charge on any atom is 0.268 e. The Kier molecular flexibility index (Phi) is 4.11. The van der Waals surface area contributed by atoms with Crippen LogP contribution >= 0.6 is 0 Å². The lowest BCUT2D eigenvalue weighted by atomic mass is 10.1. The van der Waals surface area contributed by atoms with Gasteiger partial charge in [0.2, 0.25) is 0 Å². The second kappa shape index (κ2) is 6.22. The van der Waals surface area contributed by atoms with Crippen molar-refractivity contribution in [2.45, 2.75) is 13.3 Å². The van der Waals surface area contributed by atoms with Crippen molar-refractivity contribution < 1.29 is 4.39 Å². The highest BCUT2D eigenvalue weighted by Gasteiger charge is 2.17. The molecule has 1 aromatic heterocycles. The van der Waals surface area contributed by atoms with E-state index in [0.717, 1.165) is 5.56 Å². The van der Waals surface area contributed by atoms with Gasteiger partial charge in [0.1, 0.15) is 17.0 Å². The molecule has 2 N–H and O–H groups in total. The van der Waals surface area contributed by atoms with Crippen molar-refractivity contribution >= 4 is 10.9 Å². The van der Waals surface area contributed by atoms with Crippen LogP contribution in [0.15, 0.2) is 41.2 Å². The summed E-state index contributed by atoms with van der Waals surface area (Å²) in [4.78, 5) is 17.4. The number of fused-ring (bicyclic) bond motifs is 1. The van der Waals surface area contributed by atoms with Crippen LogP contribution in [0.3, 0.4) is 0 Å². The van der Waals surface area contributed by atoms with E-state index in [1.165, 1.54) is 10.6 Å². The van der Waals surface area contributed by atoms with Crippen molar-refractivity contribution in [3.05, 3.63) is 69.5 Å². The number of aryl methyl sites for hydroxylation is 1. The predicted molar refractivity (Wildman–Crippen MR) is 89.5 cm³/mol.